The summed E-state index contributed by atoms with van der Waals surface area (Å²) < 4.78 is 0. The molecule has 122 valence electrons. The minimum atomic E-state index is -0.135. The van der Waals surface area contributed by atoms with Gasteiger partial charge in [-0.25, -0.2) is 0 Å². The molecule has 5 nitrogen and oxygen atoms in total. The maximum absolute atomic E-state index is 12.5. The van der Waals surface area contributed by atoms with E-state index >= 15 is 0 Å². The highest BCUT2D eigenvalue weighted by atomic mass is 16.2. The number of nitrogens with zero attached hydrogens (tertiary/aromatic N) is 2. The number of para-hydroxylation sites is 1. The lowest BCUT2D eigenvalue weighted by Gasteiger charge is -2.18. The third-order valence-electron chi connectivity index (χ3n) is 4.14. The Kier molecular flexibility index (Phi) is 4.42. The fourth-order valence-corrected chi connectivity index (χ4v) is 2.70. The van der Waals surface area contributed by atoms with E-state index in [9.17, 15) is 14.4 Å². The number of likely N-dealkylation sites (tertiary alicyclic amines) is 1. The van der Waals surface area contributed by atoms with Crippen LogP contribution in [0.15, 0.2) is 54.6 Å². The van der Waals surface area contributed by atoms with E-state index in [0.29, 0.717) is 5.56 Å². The average Bonchev–Trinajstić information content (AvgIpc) is 2.94. The van der Waals surface area contributed by atoms with Gasteiger partial charge in [-0.1, -0.05) is 30.3 Å². The van der Waals surface area contributed by atoms with Crippen LogP contribution in [0.1, 0.15) is 28.8 Å². The Labute approximate surface area is 140 Å². The van der Waals surface area contributed by atoms with Crippen LogP contribution in [0, 0.1) is 0 Å². The van der Waals surface area contributed by atoms with Gasteiger partial charge < -0.3 is 4.90 Å². The molecule has 0 aromatic heterocycles. The SMILES string of the molecule is CN(C(=O)c1ccc(CN2C(=O)CCC2=O)cc1)c1ccccc1. The van der Waals surface area contributed by atoms with Crippen LogP contribution in [0.5, 0.6) is 0 Å². The lowest BCUT2D eigenvalue weighted by Crippen LogP contribution is -2.28. The second-order valence-corrected chi connectivity index (χ2v) is 5.77. The highest BCUT2D eigenvalue weighted by molar-refractivity contribution is 6.05. The number of carbonyl (C=O) groups excluding carboxylic acids is 3. The molecule has 0 atom stereocenters. The molecule has 1 saturated heterocycles. The predicted molar refractivity (Wildman–Crippen MR) is 90.4 cm³/mol. The predicted octanol–water partition coefficient (Wildman–Crippen LogP) is 2.61. The van der Waals surface area contributed by atoms with Gasteiger partial charge in [-0.05, 0) is 29.8 Å². The number of hydrogen-bond donors (Lipinski definition) is 0. The minimum Gasteiger partial charge on any atom is -0.311 e. The zero-order valence-electron chi connectivity index (χ0n) is 13.4. The lowest BCUT2D eigenvalue weighted by atomic mass is 10.1. The standard InChI is InChI=1S/C19H18N2O3/c1-20(16-5-3-2-4-6-16)19(24)15-9-7-14(8-10-15)13-21-17(22)11-12-18(21)23/h2-10H,11-13H2,1H3. The number of hydrogen-bond acceptors (Lipinski definition) is 3. The van der Waals surface area contributed by atoms with Crippen molar-refractivity contribution >= 4 is 23.4 Å². The first-order chi connectivity index (χ1) is 11.6. The van der Waals surface area contributed by atoms with Crippen LogP contribution < -0.4 is 4.90 Å². The lowest BCUT2D eigenvalue weighted by molar-refractivity contribution is -0.139. The van der Waals surface area contributed by atoms with E-state index in [2.05, 4.69) is 0 Å². The molecule has 5 heteroatoms. The fraction of sp³-hybridized carbons (Fsp3) is 0.211. The van der Waals surface area contributed by atoms with Gasteiger partial charge in [0.15, 0.2) is 0 Å². The fourth-order valence-electron chi connectivity index (χ4n) is 2.70. The Hall–Kier alpha value is -2.95. The van der Waals surface area contributed by atoms with Crippen molar-refractivity contribution in [2.75, 3.05) is 11.9 Å². The molecule has 0 bridgehead atoms. The Morgan fingerprint density at radius 2 is 1.54 bits per heavy atom. The van der Waals surface area contributed by atoms with Crippen molar-refractivity contribution in [1.82, 2.24) is 4.90 Å². The van der Waals surface area contributed by atoms with Crippen molar-refractivity contribution in [3.63, 3.8) is 0 Å². The van der Waals surface area contributed by atoms with E-state index in [0.717, 1.165) is 11.3 Å². The van der Waals surface area contributed by atoms with Gasteiger partial charge in [0.25, 0.3) is 5.91 Å². The molecule has 3 amide bonds. The zero-order valence-corrected chi connectivity index (χ0v) is 13.4. The van der Waals surface area contributed by atoms with Crippen molar-refractivity contribution in [2.45, 2.75) is 19.4 Å². The molecule has 1 heterocycles. The molecule has 1 fully saturated rings. The first-order valence-corrected chi connectivity index (χ1v) is 7.81. The van der Waals surface area contributed by atoms with Crippen molar-refractivity contribution in [2.24, 2.45) is 0 Å². The highest BCUT2D eigenvalue weighted by Crippen LogP contribution is 2.18. The van der Waals surface area contributed by atoms with Crippen LogP contribution in [0.4, 0.5) is 5.69 Å². The maximum atomic E-state index is 12.5. The van der Waals surface area contributed by atoms with Gasteiger partial charge in [0.05, 0.1) is 6.54 Å². The summed E-state index contributed by atoms with van der Waals surface area (Å²) in [5.74, 6) is -0.381. The molecule has 2 aromatic carbocycles. The van der Waals surface area contributed by atoms with Crippen LogP contribution in [0.2, 0.25) is 0 Å². The summed E-state index contributed by atoms with van der Waals surface area (Å²) in [6.07, 6.45) is 0.578. The summed E-state index contributed by atoms with van der Waals surface area (Å²) in [7, 11) is 1.73. The summed E-state index contributed by atoms with van der Waals surface area (Å²) in [5, 5.41) is 0. The highest BCUT2D eigenvalue weighted by Gasteiger charge is 2.28. The number of amides is 3. The summed E-state index contributed by atoms with van der Waals surface area (Å²) >= 11 is 0. The quantitative estimate of drug-likeness (QED) is 0.813. The summed E-state index contributed by atoms with van der Waals surface area (Å²) in [5.41, 5.74) is 2.21. The smallest absolute Gasteiger partial charge is 0.258 e. The van der Waals surface area contributed by atoms with Gasteiger partial charge >= 0.3 is 0 Å². The Morgan fingerprint density at radius 1 is 0.958 bits per heavy atom. The molecule has 0 radical (unpaired) electrons. The molecular formula is C19H18N2O3. The molecule has 0 aliphatic carbocycles. The van der Waals surface area contributed by atoms with Crippen LogP contribution in [-0.4, -0.2) is 29.7 Å². The zero-order chi connectivity index (χ0) is 17.1. The largest absolute Gasteiger partial charge is 0.311 e. The van der Waals surface area contributed by atoms with E-state index < -0.39 is 0 Å². The molecule has 24 heavy (non-hydrogen) atoms. The van der Waals surface area contributed by atoms with Crippen LogP contribution in [0.25, 0.3) is 0 Å². The number of anilines is 1. The average molecular weight is 322 g/mol. The Bertz CT molecular complexity index is 753. The number of imide groups is 1. The van der Waals surface area contributed by atoms with Gasteiger partial charge in [-0.15, -0.1) is 0 Å². The van der Waals surface area contributed by atoms with Crippen molar-refractivity contribution in [3.8, 4) is 0 Å². The molecule has 3 rings (SSSR count). The van der Waals surface area contributed by atoms with E-state index in [-0.39, 0.29) is 37.1 Å². The molecule has 0 spiro atoms. The summed E-state index contributed by atoms with van der Waals surface area (Å²) in [6.45, 7) is 0.265. The van der Waals surface area contributed by atoms with Crippen molar-refractivity contribution in [3.05, 3.63) is 65.7 Å². The summed E-state index contributed by atoms with van der Waals surface area (Å²) in [6, 6.07) is 16.4. The molecule has 0 saturated carbocycles. The molecular weight excluding hydrogens is 304 g/mol. The van der Waals surface area contributed by atoms with E-state index in [1.807, 2.05) is 30.3 Å². The van der Waals surface area contributed by atoms with E-state index in [4.69, 9.17) is 0 Å². The number of rotatable bonds is 4. The monoisotopic (exact) mass is 322 g/mol. The van der Waals surface area contributed by atoms with Gasteiger partial charge in [0, 0.05) is 31.1 Å². The second-order valence-electron chi connectivity index (χ2n) is 5.77. The van der Waals surface area contributed by atoms with Gasteiger partial charge in [-0.3, -0.25) is 19.3 Å². The summed E-state index contributed by atoms with van der Waals surface area (Å²) in [4.78, 5) is 38.7. The molecule has 0 unspecified atom stereocenters. The normalized spacial score (nSPS) is 14.1. The topological polar surface area (TPSA) is 57.7 Å². The molecule has 0 N–H and O–H groups in total. The first-order valence-electron chi connectivity index (χ1n) is 7.81. The minimum absolute atomic E-state index is 0.110. The molecule has 1 aliphatic rings. The van der Waals surface area contributed by atoms with Gasteiger partial charge in [0.2, 0.25) is 11.8 Å². The van der Waals surface area contributed by atoms with Crippen molar-refractivity contribution in [1.29, 1.82) is 0 Å². The van der Waals surface area contributed by atoms with Crippen LogP contribution >= 0.6 is 0 Å². The second kappa shape index (κ2) is 6.66. The molecule has 2 aromatic rings. The van der Waals surface area contributed by atoms with Gasteiger partial charge in [0.1, 0.15) is 0 Å². The maximum Gasteiger partial charge on any atom is 0.258 e. The Balaban J connectivity index is 1.71. The first kappa shape index (κ1) is 15.9. The van der Waals surface area contributed by atoms with E-state index in [1.165, 1.54) is 4.90 Å². The number of benzene rings is 2. The third kappa shape index (κ3) is 3.20. The van der Waals surface area contributed by atoms with Crippen LogP contribution in [0.3, 0.4) is 0 Å². The van der Waals surface area contributed by atoms with Crippen LogP contribution in [-0.2, 0) is 16.1 Å². The van der Waals surface area contributed by atoms with Gasteiger partial charge in [-0.2, -0.15) is 0 Å². The molecule has 1 aliphatic heterocycles. The number of carbonyl (C=O) groups is 3. The van der Waals surface area contributed by atoms with E-state index in [1.54, 1.807) is 36.2 Å². The van der Waals surface area contributed by atoms with Crippen molar-refractivity contribution < 1.29 is 14.4 Å². The third-order valence-corrected chi connectivity index (χ3v) is 4.14. The Morgan fingerprint density at radius 3 is 2.12 bits per heavy atom.